The van der Waals surface area contributed by atoms with Gasteiger partial charge in [-0.25, -0.2) is 0 Å². The molecule has 1 aliphatic heterocycles. The molecular formula is C12H20N2O2. The van der Waals surface area contributed by atoms with Gasteiger partial charge in [0, 0.05) is 13.1 Å². The fraction of sp³-hybridized carbons (Fsp3) is 0.667. The number of β-amino-alcohol motifs (C(OH)–C–C–N with tert-alkyl or cyclic N) is 1. The van der Waals surface area contributed by atoms with E-state index >= 15 is 0 Å². The molecule has 2 heterocycles. The first-order valence-corrected chi connectivity index (χ1v) is 5.98. The van der Waals surface area contributed by atoms with Crippen molar-refractivity contribution in [2.75, 3.05) is 26.2 Å². The van der Waals surface area contributed by atoms with E-state index in [-0.39, 0.29) is 6.10 Å². The smallest absolute Gasteiger partial charge is 0.117 e. The Balaban J connectivity index is 1.58. The number of rotatable bonds is 6. The van der Waals surface area contributed by atoms with E-state index < -0.39 is 0 Å². The molecule has 0 amide bonds. The molecule has 0 aliphatic carbocycles. The molecule has 1 fully saturated rings. The normalized spacial score (nSPS) is 19.1. The summed E-state index contributed by atoms with van der Waals surface area (Å²) in [6, 6.07) is 3.80. The summed E-state index contributed by atoms with van der Waals surface area (Å²) >= 11 is 0. The molecule has 1 atom stereocenters. The van der Waals surface area contributed by atoms with E-state index in [4.69, 9.17) is 4.42 Å². The van der Waals surface area contributed by atoms with E-state index in [0.29, 0.717) is 13.1 Å². The predicted molar refractivity (Wildman–Crippen MR) is 62.1 cm³/mol. The van der Waals surface area contributed by atoms with Crippen molar-refractivity contribution in [2.45, 2.75) is 25.5 Å². The molecule has 4 nitrogen and oxygen atoms in total. The molecule has 16 heavy (non-hydrogen) atoms. The second-order valence-corrected chi connectivity index (χ2v) is 4.37. The Morgan fingerprint density at radius 2 is 2.25 bits per heavy atom. The minimum absolute atomic E-state index is 0.284. The van der Waals surface area contributed by atoms with Crippen LogP contribution in [0.2, 0.25) is 0 Å². The Morgan fingerprint density at radius 3 is 2.94 bits per heavy atom. The molecule has 2 N–H and O–H groups in total. The molecule has 0 aromatic carbocycles. The molecule has 0 saturated carbocycles. The van der Waals surface area contributed by atoms with Gasteiger partial charge >= 0.3 is 0 Å². The van der Waals surface area contributed by atoms with E-state index in [0.717, 1.165) is 25.4 Å². The van der Waals surface area contributed by atoms with Crippen molar-refractivity contribution in [3.8, 4) is 0 Å². The lowest BCUT2D eigenvalue weighted by atomic mass is 10.3. The Bertz CT molecular complexity index is 281. The number of furan rings is 1. The van der Waals surface area contributed by atoms with E-state index in [1.165, 1.54) is 12.8 Å². The Labute approximate surface area is 96.2 Å². The first-order chi connectivity index (χ1) is 7.84. The van der Waals surface area contributed by atoms with Crippen molar-refractivity contribution < 1.29 is 9.52 Å². The summed E-state index contributed by atoms with van der Waals surface area (Å²) in [4.78, 5) is 2.32. The zero-order valence-electron chi connectivity index (χ0n) is 9.56. The number of aliphatic hydroxyl groups excluding tert-OH is 1. The van der Waals surface area contributed by atoms with Crippen molar-refractivity contribution in [1.82, 2.24) is 10.2 Å². The lowest BCUT2D eigenvalue weighted by molar-refractivity contribution is 0.123. The van der Waals surface area contributed by atoms with Gasteiger partial charge < -0.3 is 19.7 Å². The monoisotopic (exact) mass is 224 g/mol. The number of likely N-dealkylation sites (tertiary alicyclic amines) is 1. The second-order valence-electron chi connectivity index (χ2n) is 4.37. The summed E-state index contributed by atoms with van der Waals surface area (Å²) in [6.07, 6.45) is 3.92. The summed E-state index contributed by atoms with van der Waals surface area (Å²) in [7, 11) is 0. The fourth-order valence-corrected chi connectivity index (χ4v) is 2.10. The third-order valence-electron chi connectivity index (χ3n) is 2.93. The molecule has 1 unspecified atom stereocenters. The molecule has 1 saturated heterocycles. The maximum Gasteiger partial charge on any atom is 0.117 e. The Kier molecular flexibility index (Phi) is 4.39. The minimum atomic E-state index is -0.284. The van der Waals surface area contributed by atoms with Crippen LogP contribution in [0.15, 0.2) is 22.8 Å². The molecule has 0 spiro atoms. The molecule has 1 aliphatic rings. The van der Waals surface area contributed by atoms with Crippen molar-refractivity contribution in [2.24, 2.45) is 0 Å². The van der Waals surface area contributed by atoms with Gasteiger partial charge in [-0.15, -0.1) is 0 Å². The highest BCUT2D eigenvalue weighted by atomic mass is 16.3. The summed E-state index contributed by atoms with van der Waals surface area (Å²) in [5.74, 6) is 0.911. The summed E-state index contributed by atoms with van der Waals surface area (Å²) in [5, 5.41) is 13.0. The minimum Gasteiger partial charge on any atom is -0.468 e. The highest BCUT2D eigenvalue weighted by Crippen LogP contribution is 2.07. The maximum absolute atomic E-state index is 9.80. The molecule has 2 rings (SSSR count). The lowest BCUT2D eigenvalue weighted by Gasteiger charge is -2.19. The van der Waals surface area contributed by atoms with Crippen LogP contribution >= 0.6 is 0 Å². The topological polar surface area (TPSA) is 48.6 Å². The Hall–Kier alpha value is -0.840. The van der Waals surface area contributed by atoms with Crippen LogP contribution in [0.1, 0.15) is 18.6 Å². The van der Waals surface area contributed by atoms with Crippen molar-refractivity contribution in [1.29, 1.82) is 0 Å². The molecule has 1 aromatic rings. The van der Waals surface area contributed by atoms with Crippen LogP contribution in [-0.4, -0.2) is 42.3 Å². The Morgan fingerprint density at radius 1 is 1.44 bits per heavy atom. The van der Waals surface area contributed by atoms with Gasteiger partial charge in [0.25, 0.3) is 0 Å². The molecule has 90 valence electrons. The molecule has 0 bridgehead atoms. The summed E-state index contributed by atoms with van der Waals surface area (Å²) < 4.78 is 5.19. The number of hydrogen-bond acceptors (Lipinski definition) is 4. The van der Waals surface area contributed by atoms with Gasteiger partial charge in [0.15, 0.2) is 0 Å². The molecule has 4 heteroatoms. The van der Waals surface area contributed by atoms with Gasteiger partial charge in [-0.1, -0.05) is 0 Å². The number of nitrogens with zero attached hydrogens (tertiary/aromatic N) is 1. The number of hydrogen-bond donors (Lipinski definition) is 2. The van der Waals surface area contributed by atoms with Gasteiger partial charge in [-0.3, -0.25) is 0 Å². The average Bonchev–Trinajstić information content (AvgIpc) is 2.90. The second kappa shape index (κ2) is 6.03. The molecule has 0 radical (unpaired) electrons. The van der Waals surface area contributed by atoms with Gasteiger partial charge in [0.1, 0.15) is 5.76 Å². The highest BCUT2D eigenvalue weighted by Gasteiger charge is 2.15. The van der Waals surface area contributed by atoms with Crippen molar-refractivity contribution in [3.05, 3.63) is 24.2 Å². The zero-order chi connectivity index (χ0) is 11.2. The first kappa shape index (κ1) is 11.6. The van der Waals surface area contributed by atoms with Crippen LogP contribution < -0.4 is 5.32 Å². The highest BCUT2D eigenvalue weighted by molar-refractivity contribution is 4.97. The maximum atomic E-state index is 9.80. The molecule has 1 aromatic heterocycles. The zero-order valence-corrected chi connectivity index (χ0v) is 9.56. The van der Waals surface area contributed by atoms with Crippen LogP contribution in [0.3, 0.4) is 0 Å². The third-order valence-corrected chi connectivity index (χ3v) is 2.93. The first-order valence-electron chi connectivity index (χ1n) is 5.98. The standard InChI is InChI=1S/C12H20N2O2/c15-11(10-14-5-1-2-6-14)8-13-9-12-4-3-7-16-12/h3-4,7,11,13,15H,1-2,5-6,8-10H2. The van der Waals surface area contributed by atoms with Crippen LogP contribution in [0.5, 0.6) is 0 Å². The number of nitrogens with one attached hydrogen (secondary N) is 1. The lowest BCUT2D eigenvalue weighted by Crippen LogP contribution is -2.36. The third kappa shape index (κ3) is 3.63. The van der Waals surface area contributed by atoms with E-state index in [1.807, 2.05) is 12.1 Å². The number of aliphatic hydroxyl groups is 1. The largest absolute Gasteiger partial charge is 0.468 e. The van der Waals surface area contributed by atoms with Crippen LogP contribution in [-0.2, 0) is 6.54 Å². The van der Waals surface area contributed by atoms with Crippen LogP contribution in [0.25, 0.3) is 0 Å². The summed E-state index contributed by atoms with van der Waals surface area (Å²) in [6.45, 7) is 4.36. The quantitative estimate of drug-likeness (QED) is 0.751. The van der Waals surface area contributed by atoms with E-state index in [2.05, 4.69) is 10.2 Å². The predicted octanol–water partition coefficient (Wildman–Crippen LogP) is 0.826. The van der Waals surface area contributed by atoms with E-state index in [9.17, 15) is 5.11 Å². The molecular weight excluding hydrogens is 204 g/mol. The van der Waals surface area contributed by atoms with Crippen molar-refractivity contribution >= 4 is 0 Å². The van der Waals surface area contributed by atoms with Gasteiger partial charge in [0.2, 0.25) is 0 Å². The van der Waals surface area contributed by atoms with Crippen molar-refractivity contribution in [3.63, 3.8) is 0 Å². The van der Waals surface area contributed by atoms with Gasteiger partial charge in [-0.05, 0) is 38.1 Å². The van der Waals surface area contributed by atoms with Gasteiger partial charge in [-0.2, -0.15) is 0 Å². The average molecular weight is 224 g/mol. The van der Waals surface area contributed by atoms with Gasteiger partial charge in [0.05, 0.1) is 18.9 Å². The van der Waals surface area contributed by atoms with E-state index in [1.54, 1.807) is 6.26 Å². The van der Waals surface area contributed by atoms with Crippen LogP contribution in [0, 0.1) is 0 Å². The summed E-state index contributed by atoms with van der Waals surface area (Å²) in [5.41, 5.74) is 0. The SMILES string of the molecule is OC(CNCc1ccco1)CN1CCCC1. The van der Waals surface area contributed by atoms with Crippen LogP contribution in [0.4, 0.5) is 0 Å². The fourth-order valence-electron chi connectivity index (χ4n) is 2.10.